The Hall–Kier alpha value is -3.23. The third kappa shape index (κ3) is 5.72. The summed E-state index contributed by atoms with van der Waals surface area (Å²) in [6, 6.07) is 15.5. The summed E-state index contributed by atoms with van der Waals surface area (Å²) in [5.41, 5.74) is 2.31. The van der Waals surface area contributed by atoms with Crippen LogP contribution < -0.4 is 15.5 Å². The number of aromatic nitrogens is 3. The molecule has 0 saturated carbocycles. The molecule has 0 atom stereocenters. The molecule has 3 aromatic rings. The van der Waals surface area contributed by atoms with Gasteiger partial charge in [0.25, 0.3) is 0 Å². The number of hydrogen-bond donors (Lipinski definition) is 2. The van der Waals surface area contributed by atoms with Gasteiger partial charge in [-0.2, -0.15) is 4.98 Å². The molecule has 32 heavy (non-hydrogen) atoms. The third-order valence-corrected chi connectivity index (χ3v) is 5.58. The zero-order valence-corrected chi connectivity index (χ0v) is 18.5. The van der Waals surface area contributed by atoms with Gasteiger partial charge in [0.1, 0.15) is 6.33 Å². The molecule has 9 heteroatoms. The Bertz CT molecular complexity index is 1060. The summed E-state index contributed by atoms with van der Waals surface area (Å²) < 4.78 is 6.07. The monoisotopic (exact) mass is 452 g/mol. The van der Waals surface area contributed by atoms with Crippen LogP contribution in [0.4, 0.5) is 23.3 Å². The lowest BCUT2D eigenvalue weighted by Gasteiger charge is -2.31. The molecular weight excluding hydrogens is 428 g/mol. The van der Waals surface area contributed by atoms with E-state index in [0.717, 1.165) is 25.9 Å². The van der Waals surface area contributed by atoms with Crippen molar-refractivity contribution in [3.05, 3.63) is 65.4 Å². The summed E-state index contributed by atoms with van der Waals surface area (Å²) in [6.45, 7) is 3.68. The van der Waals surface area contributed by atoms with E-state index in [1.807, 2.05) is 18.2 Å². The highest BCUT2D eigenvalue weighted by atomic mass is 35.5. The van der Waals surface area contributed by atoms with Crippen molar-refractivity contribution in [1.82, 2.24) is 15.0 Å². The van der Waals surface area contributed by atoms with Crippen LogP contribution in [0.5, 0.6) is 0 Å². The molecule has 1 amide bonds. The summed E-state index contributed by atoms with van der Waals surface area (Å²) in [4.78, 5) is 26.6. The number of piperidine rings is 1. The highest BCUT2D eigenvalue weighted by Crippen LogP contribution is 2.31. The number of ether oxygens (including phenoxy) is 1. The van der Waals surface area contributed by atoms with Crippen molar-refractivity contribution in [3.63, 3.8) is 0 Å². The average molecular weight is 453 g/mol. The molecule has 8 nitrogen and oxygen atoms in total. The second kappa shape index (κ2) is 10.4. The van der Waals surface area contributed by atoms with Gasteiger partial charge in [-0.25, -0.2) is 9.97 Å². The lowest BCUT2D eigenvalue weighted by molar-refractivity contribution is -0.114. The van der Waals surface area contributed by atoms with Gasteiger partial charge in [0.2, 0.25) is 17.8 Å². The Morgan fingerprint density at radius 3 is 2.59 bits per heavy atom. The number of carbonyl (C=O) groups is 1. The largest absolute Gasteiger partial charge is 0.373 e. The molecular formula is C23H25ClN6O2. The van der Waals surface area contributed by atoms with Crippen LogP contribution in [0.3, 0.4) is 0 Å². The van der Waals surface area contributed by atoms with Gasteiger partial charge >= 0.3 is 0 Å². The zero-order chi connectivity index (χ0) is 22.3. The molecule has 2 aromatic carbocycles. The molecule has 1 aliphatic heterocycles. The number of amides is 1. The lowest BCUT2D eigenvalue weighted by Crippen LogP contribution is -2.38. The second-order valence-corrected chi connectivity index (χ2v) is 7.94. The van der Waals surface area contributed by atoms with Gasteiger partial charge in [0.05, 0.1) is 29.1 Å². The minimum Gasteiger partial charge on any atom is -0.373 e. The molecule has 0 aliphatic carbocycles. The number of rotatable bonds is 7. The molecule has 0 radical (unpaired) electrons. The number of benzene rings is 2. The Morgan fingerprint density at radius 1 is 1.09 bits per heavy atom. The summed E-state index contributed by atoms with van der Waals surface area (Å²) in [6.07, 6.45) is 3.52. The molecule has 2 N–H and O–H groups in total. The van der Waals surface area contributed by atoms with Crippen molar-refractivity contribution in [3.8, 4) is 0 Å². The highest BCUT2D eigenvalue weighted by molar-refractivity contribution is 6.36. The first kappa shape index (κ1) is 22.0. The standard InChI is InChI=1S/C23H25ClN6O2/c1-16(31)27-19-8-5-9-20(21(19)24)28-22-25-15-26-23(29-22)30-12-10-18(11-13-30)32-14-17-6-3-2-4-7-17/h2-9,15,18H,10-14H2,1H3,(H,27,31)(H,25,26,28,29). The Kier molecular flexibility index (Phi) is 7.14. The van der Waals surface area contributed by atoms with E-state index >= 15 is 0 Å². The quantitative estimate of drug-likeness (QED) is 0.548. The van der Waals surface area contributed by atoms with Gasteiger partial charge in [-0.3, -0.25) is 4.79 Å². The zero-order valence-electron chi connectivity index (χ0n) is 17.8. The number of carbonyl (C=O) groups excluding carboxylic acids is 1. The van der Waals surface area contributed by atoms with E-state index in [9.17, 15) is 4.79 Å². The van der Waals surface area contributed by atoms with Gasteiger partial charge < -0.3 is 20.3 Å². The Morgan fingerprint density at radius 2 is 1.84 bits per heavy atom. The summed E-state index contributed by atoms with van der Waals surface area (Å²) in [7, 11) is 0. The fraction of sp³-hybridized carbons (Fsp3) is 0.304. The fourth-order valence-electron chi connectivity index (χ4n) is 3.55. The molecule has 166 valence electrons. The highest BCUT2D eigenvalue weighted by Gasteiger charge is 2.22. The van der Waals surface area contributed by atoms with Crippen LogP contribution in [0.1, 0.15) is 25.3 Å². The number of anilines is 4. The smallest absolute Gasteiger partial charge is 0.232 e. The SMILES string of the molecule is CC(=O)Nc1cccc(Nc2ncnc(N3CCC(OCc4ccccc4)CC3)n2)c1Cl. The van der Waals surface area contributed by atoms with Crippen LogP contribution in [0.2, 0.25) is 5.02 Å². The number of nitrogens with one attached hydrogen (secondary N) is 2. The first-order chi connectivity index (χ1) is 15.6. The van der Waals surface area contributed by atoms with Crippen LogP contribution >= 0.6 is 11.6 Å². The Balaban J connectivity index is 1.35. The van der Waals surface area contributed by atoms with Gasteiger partial charge in [-0.05, 0) is 30.5 Å². The molecule has 0 spiro atoms. The molecule has 0 bridgehead atoms. The van der Waals surface area contributed by atoms with E-state index < -0.39 is 0 Å². The van der Waals surface area contributed by atoms with Crippen LogP contribution in [0, 0.1) is 0 Å². The predicted molar refractivity (Wildman–Crippen MR) is 125 cm³/mol. The number of nitrogens with zero attached hydrogens (tertiary/aromatic N) is 4. The van der Waals surface area contributed by atoms with Crippen LogP contribution in [-0.2, 0) is 16.1 Å². The number of hydrogen-bond acceptors (Lipinski definition) is 7. The summed E-state index contributed by atoms with van der Waals surface area (Å²) in [5, 5.41) is 6.21. The predicted octanol–water partition coefficient (Wildman–Crippen LogP) is 4.41. The van der Waals surface area contributed by atoms with Gasteiger partial charge in [-0.1, -0.05) is 48.0 Å². The third-order valence-electron chi connectivity index (χ3n) is 5.17. The van der Waals surface area contributed by atoms with Crippen molar-refractivity contribution in [2.24, 2.45) is 0 Å². The first-order valence-corrected chi connectivity index (χ1v) is 10.9. The molecule has 2 heterocycles. The first-order valence-electron chi connectivity index (χ1n) is 10.5. The molecule has 0 unspecified atom stereocenters. The van der Waals surface area contributed by atoms with Gasteiger partial charge in [-0.15, -0.1) is 0 Å². The normalized spacial score (nSPS) is 14.2. The van der Waals surface area contributed by atoms with Crippen molar-refractivity contribution >= 4 is 40.8 Å². The van der Waals surface area contributed by atoms with Crippen LogP contribution in [0.15, 0.2) is 54.9 Å². The summed E-state index contributed by atoms with van der Waals surface area (Å²) >= 11 is 6.41. The average Bonchev–Trinajstić information content (AvgIpc) is 2.81. The van der Waals surface area contributed by atoms with Crippen LogP contribution in [0.25, 0.3) is 0 Å². The molecule has 4 rings (SSSR count). The van der Waals surface area contributed by atoms with Gasteiger partial charge in [0, 0.05) is 20.0 Å². The number of halogens is 1. The summed E-state index contributed by atoms with van der Waals surface area (Å²) in [5.74, 6) is 0.806. The van der Waals surface area contributed by atoms with Crippen molar-refractivity contribution < 1.29 is 9.53 Å². The van der Waals surface area contributed by atoms with Crippen molar-refractivity contribution in [2.45, 2.75) is 32.5 Å². The molecule has 1 saturated heterocycles. The van der Waals surface area contributed by atoms with Crippen molar-refractivity contribution in [1.29, 1.82) is 0 Å². The fourth-order valence-corrected chi connectivity index (χ4v) is 3.77. The van der Waals surface area contributed by atoms with E-state index in [4.69, 9.17) is 16.3 Å². The van der Waals surface area contributed by atoms with E-state index in [0.29, 0.717) is 34.9 Å². The van der Waals surface area contributed by atoms with Gasteiger partial charge in [0.15, 0.2) is 0 Å². The molecule has 1 fully saturated rings. The van der Waals surface area contributed by atoms with E-state index in [2.05, 4.69) is 42.6 Å². The van der Waals surface area contributed by atoms with Crippen molar-refractivity contribution in [2.75, 3.05) is 28.6 Å². The van der Waals surface area contributed by atoms with E-state index in [1.54, 1.807) is 18.2 Å². The van der Waals surface area contributed by atoms with E-state index in [1.165, 1.54) is 18.8 Å². The minimum atomic E-state index is -0.192. The lowest BCUT2D eigenvalue weighted by atomic mass is 10.1. The van der Waals surface area contributed by atoms with E-state index in [-0.39, 0.29) is 12.0 Å². The Labute approximate surface area is 192 Å². The molecule has 1 aromatic heterocycles. The second-order valence-electron chi connectivity index (χ2n) is 7.57. The topological polar surface area (TPSA) is 92.3 Å². The maximum Gasteiger partial charge on any atom is 0.232 e. The minimum absolute atomic E-state index is 0.192. The van der Waals surface area contributed by atoms with Crippen LogP contribution in [-0.4, -0.2) is 40.1 Å². The molecule has 1 aliphatic rings. The maximum atomic E-state index is 11.4. The maximum absolute atomic E-state index is 11.4.